The summed E-state index contributed by atoms with van der Waals surface area (Å²) in [5.74, 6) is -0.625. The molecule has 5 nitrogen and oxygen atoms in total. The summed E-state index contributed by atoms with van der Waals surface area (Å²) in [6.45, 7) is 3.40. The van der Waals surface area contributed by atoms with Crippen LogP contribution in [-0.2, 0) is 10.0 Å². The van der Waals surface area contributed by atoms with Crippen molar-refractivity contribution >= 4 is 33.2 Å². The van der Waals surface area contributed by atoms with E-state index < -0.39 is 15.9 Å². The van der Waals surface area contributed by atoms with Gasteiger partial charge < -0.3 is 5.73 Å². The van der Waals surface area contributed by atoms with E-state index in [4.69, 9.17) is 17.3 Å². The number of hydrogen-bond donors (Lipinski definition) is 2. The average Bonchev–Trinajstić information content (AvgIpc) is 2.42. The van der Waals surface area contributed by atoms with Crippen molar-refractivity contribution in [3.63, 3.8) is 0 Å². The Morgan fingerprint density at radius 3 is 2.45 bits per heavy atom. The lowest BCUT2D eigenvalue weighted by molar-refractivity contribution is 0.100. The SMILES string of the molecule is Cc1cc(S(=O)(=O)Nc2cccc(C(N)=O)c2)c(C)cc1Cl. The third-order valence-corrected chi connectivity index (χ3v) is 5.08. The van der Waals surface area contributed by atoms with Gasteiger partial charge in [0.05, 0.1) is 4.90 Å². The van der Waals surface area contributed by atoms with Gasteiger partial charge >= 0.3 is 0 Å². The Balaban J connectivity index is 2.42. The molecule has 3 N–H and O–H groups in total. The Bertz CT molecular complexity index is 848. The molecule has 0 heterocycles. The first-order valence-corrected chi connectivity index (χ1v) is 8.26. The molecule has 0 unspecified atom stereocenters. The van der Waals surface area contributed by atoms with Gasteiger partial charge in [-0.15, -0.1) is 0 Å². The molecule has 2 rings (SSSR count). The Morgan fingerprint density at radius 2 is 1.82 bits per heavy atom. The smallest absolute Gasteiger partial charge is 0.262 e. The topological polar surface area (TPSA) is 89.3 Å². The molecule has 0 saturated heterocycles. The van der Waals surface area contributed by atoms with Gasteiger partial charge in [-0.2, -0.15) is 0 Å². The first-order valence-electron chi connectivity index (χ1n) is 6.40. The van der Waals surface area contributed by atoms with E-state index in [2.05, 4.69) is 4.72 Å². The van der Waals surface area contributed by atoms with Gasteiger partial charge in [-0.25, -0.2) is 8.42 Å². The fourth-order valence-electron chi connectivity index (χ4n) is 1.99. The maximum Gasteiger partial charge on any atom is 0.262 e. The standard InChI is InChI=1S/C15H15ClN2O3S/c1-9-7-14(10(2)6-13(9)16)22(20,21)18-12-5-3-4-11(8-12)15(17)19/h3-8,18H,1-2H3,(H2,17,19). The molecular formula is C15H15ClN2O3S. The molecule has 0 aliphatic carbocycles. The molecule has 0 aromatic heterocycles. The molecular weight excluding hydrogens is 324 g/mol. The molecule has 22 heavy (non-hydrogen) atoms. The lowest BCUT2D eigenvalue weighted by Gasteiger charge is -2.12. The van der Waals surface area contributed by atoms with Crippen LogP contribution in [0.1, 0.15) is 21.5 Å². The van der Waals surface area contributed by atoms with Crippen LogP contribution >= 0.6 is 11.6 Å². The van der Waals surface area contributed by atoms with E-state index in [1.54, 1.807) is 32.0 Å². The van der Waals surface area contributed by atoms with Gasteiger partial charge in [0.15, 0.2) is 0 Å². The maximum atomic E-state index is 12.5. The Kier molecular flexibility index (Phi) is 4.44. The highest BCUT2D eigenvalue weighted by Crippen LogP contribution is 2.25. The third kappa shape index (κ3) is 3.40. The molecule has 0 saturated carbocycles. The average molecular weight is 339 g/mol. The van der Waals surface area contributed by atoms with Gasteiger partial charge in [-0.05, 0) is 55.3 Å². The van der Waals surface area contributed by atoms with Crippen molar-refractivity contribution in [3.05, 3.63) is 58.1 Å². The van der Waals surface area contributed by atoms with Crippen LogP contribution in [0, 0.1) is 13.8 Å². The van der Waals surface area contributed by atoms with E-state index in [0.29, 0.717) is 16.1 Å². The van der Waals surface area contributed by atoms with Crippen molar-refractivity contribution in [2.24, 2.45) is 5.73 Å². The van der Waals surface area contributed by atoms with Gasteiger partial charge in [0.2, 0.25) is 5.91 Å². The summed E-state index contributed by atoms with van der Waals surface area (Å²) < 4.78 is 27.4. The summed E-state index contributed by atoms with van der Waals surface area (Å²) in [4.78, 5) is 11.3. The minimum absolute atomic E-state index is 0.138. The fourth-order valence-corrected chi connectivity index (χ4v) is 3.57. The molecule has 116 valence electrons. The molecule has 7 heteroatoms. The molecule has 0 aliphatic rings. The van der Waals surface area contributed by atoms with E-state index in [-0.39, 0.29) is 16.1 Å². The molecule has 0 spiro atoms. The number of anilines is 1. The van der Waals surface area contributed by atoms with Crippen molar-refractivity contribution < 1.29 is 13.2 Å². The zero-order chi connectivity index (χ0) is 16.5. The second-order valence-electron chi connectivity index (χ2n) is 4.92. The molecule has 0 aliphatic heterocycles. The maximum absolute atomic E-state index is 12.5. The predicted octanol–water partition coefficient (Wildman–Crippen LogP) is 2.86. The Morgan fingerprint density at radius 1 is 1.14 bits per heavy atom. The van der Waals surface area contributed by atoms with E-state index >= 15 is 0 Å². The number of carbonyl (C=O) groups excluding carboxylic acids is 1. The highest BCUT2D eigenvalue weighted by atomic mass is 35.5. The first kappa shape index (κ1) is 16.3. The highest BCUT2D eigenvalue weighted by molar-refractivity contribution is 7.92. The number of nitrogens with one attached hydrogen (secondary N) is 1. The van der Waals surface area contributed by atoms with E-state index in [9.17, 15) is 13.2 Å². The number of aryl methyl sites for hydroxylation is 2. The second-order valence-corrected chi connectivity index (χ2v) is 6.98. The third-order valence-electron chi connectivity index (χ3n) is 3.15. The van der Waals surface area contributed by atoms with Crippen LogP contribution < -0.4 is 10.5 Å². The van der Waals surface area contributed by atoms with Gasteiger partial charge in [0, 0.05) is 16.3 Å². The van der Waals surface area contributed by atoms with Crippen LogP contribution in [0.2, 0.25) is 5.02 Å². The zero-order valence-corrected chi connectivity index (χ0v) is 13.6. The number of amides is 1. The molecule has 2 aromatic carbocycles. The van der Waals surface area contributed by atoms with Gasteiger partial charge in [-0.1, -0.05) is 17.7 Å². The van der Waals surface area contributed by atoms with Crippen LogP contribution in [0.15, 0.2) is 41.3 Å². The number of carbonyl (C=O) groups is 1. The molecule has 0 atom stereocenters. The monoisotopic (exact) mass is 338 g/mol. The minimum atomic E-state index is -3.79. The van der Waals surface area contributed by atoms with Crippen molar-refractivity contribution in [2.75, 3.05) is 4.72 Å². The number of nitrogens with two attached hydrogens (primary N) is 1. The van der Waals surface area contributed by atoms with Crippen LogP contribution in [0.4, 0.5) is 5.69 Å². The van der Waals surface area contributed by atoms with Crippen molar-refractivity contribution in [1.29, 1.82) is 0 Å². The lowest BCUT2D eigenvalue weighted by Crippen LogP contribution is -2.16. The summed E-state index contributed by atoms with van der Waals surface area (Å²) in [7, 11) is -3.79. The summed E-state index contributed by atoms with van der Waals surface area (Å²) in [6, 6.07) is 9.11. The summed E-state index contributed by atoms with van der Waals surface area (Å²) in [6.07, 6.45) is 0. The van der Waals surface area contributed by atoms with Crippen LogP contribution in [0.3, 0.4) is 0 Å². The zero-order valence-electron chi connectivity index (χ0n) is 12.1. The number of sulfonamides is 1. The summed E-state index contributed by atoms with van der Waals surface area (Å²) in [5.41, 5.74) is 6.88. The molecule has 2 aromatic rings. The van der Waals surface area contributed by atoms with Gasteiger partial charge in [0.1, 0.15) is 0 Å². The number of hydrogen-bond acceptors (Lipinski definition) is 3. The first-order chi connectivity index (χ1) is 10.2. The lowest BCUT2D eigenvalue weighted by atomic mass is 10.2. The second kappa shape index (κ2) is 5.98. The Labute approximate surface area is 134 Å². The minimum Gasteiger partial charge on any atom is -0.366 e. The van der Waals surface area contributed by atoms with Crippen LogP contribution in [0.5, 0.6) is 0 Å². The quantitative estimate of drug-likeness (QED) is 0.898. The largest absolute Gasteiger partial charge is 0.366 e. The van der Waals surface area contributed by atoms with Crippen molar-refractivity contribution in [2.45, 2.75) is 18.7 Å². The predicted molar refractivity (Wildman–Crippen MR) is 86.7 cm³/mol. The van der Waals surface area contributed by atoms with E-state index in [1.165, 1.54) is 18.2 Å². The normalized spacial score (nSPS) is 11.2. The van der Waals surface area contributed by atoms with Crippen LogP contribution in [0.25, 0.3) is 0 Å². The van der Waals surface area contributed by atoms with Gasteiger partial charge in [0.25, 0.3) is 10.0 Å². The molecule has 1 amide bonds. The molecule has 0 bridgehead atoms. The summed E-state index contributed by atoms with van der Waals surface area (Å²) in [5, 5.41) is 0.507. The fraction of sp³-hybridized carbons (Fsp3) is 0.133. The van der Waals surface area contributed by atoms with Crippen molar-refractivity contribution in [3.8, 4) is 0 Å². The highest BCUT2D eigenvalue weighted by Gasteiger charge is 2.18. The Hall–Kier alpha value is -2.05. The molecule has 0 fully saturated rings. The molecule has 0 radical (unpaired) electrons. The summed E-state index contributed by atoms with van der Waals surface area (Å²) >= 11 is 5.99. The van der Waals surface area contributed by atoms with Gasteiger partial charge in [-0.3, -0.25) is 9.52 Å². The van der Waals surface area contributed by atoms with E-state index in [1.807, 2.05) is 0 Å². The number of primary amides is 1. The van der Waals surface area contributed by atoms with E-state index in [0.717, 1.165) is 0 Å². The van der Waals surface area contributed by atoms with Crippen molar-refractivity contribution in [1.82, 2.24) is 0 Å². The number of halogens is 1. The number of benzene rings is 2. The van der Waals surface area contributed by atoms with Crippen LogP contribution in [-0.4, -0.2) is 14.3 Å². The number of rotatable bonds is 4.